The first kappa shape index (κ1) is 13.0. The van der Waals surface area contributed by atoms with Crippen LogP contribution in [0.1, 0.15) is 37.8 Å². The molecule has 3 rings (SSSR count). The van der Waals surface area contributed by atoms with Gasteiger partial charge in [-0.3, -0.25) is 0 Å². The Morgan fingerprint density at radius 2 is 2.00 bits per heavy atom. The van der Waals surface area contributed by atoms with Gasteiger partial charge in [0.05, 0.1) is 12.2 Å². The summed E-state index contributed by atoms with van der Waals surface area (Å²) in [6, 6.07) is 3.76. The van der Waals surface area contributed by atoms with Crippen LogP contribution in [0.15, 0.2) is 18.2 Å². The van der Waals surface area contributed by atoms with Crippen LogP contribution in [0.25, 0.3) is 0 Å². The van der Waals surface area contributed by atoms with Gasteiger partial charge in [0.25, 0.3) is 0 Å². The summed E-state index contributed by atoms with van der Waals surface area (Å²) in [5, 5.41) is 3.37. The smallest absolute Gasteiger partial charge is 0.126 e. The highest BCUT2D eigenvalue weighted by Gasteiger charge is 2.44. The average molecular weight is 267 g/mol. The number of ether oxygens (including phenoxy) is 1. The van der Waals surface area contributed by atoms with Gasteiger partial charge in [-0.1, -0.05) is 6.92 Å². The number of hydrogen-bond donors (Lipinski definition) is 1. The number of hydrogen-bond acceptors (Lipinski definition) is 2. The Hall–Kier alpha value is -1.00. The molecule has 4 unspecified atom stereocenters. The van der Waals surface area contributed by atoms with Crippen LogP contribution in [0.4, 0.5) is 8.78 Å². The van der Waals surface area contributed by atoms with Gasteiger partial charge in [0.15, 0.2) is 0 Å². The Labute approximate surface area is 112 Å². The molecule has 0 amide bonds. The zero-order chi connectivity index (χ0) is 13.4. The monoisotopic (exact) mass is 267 g/mol. The summed E-state index contributed by atoms with van der Waals surface area (Å²) in [6.45, 7) is 2.79. The molecule has 2 bridgehead atoms. The summed E-state index contributed by atoms with van der Waals surface area (Å²) in [7, 11) is 0. The van der Waals surface area contributed by atoms with Gasteiger partial charge in [-0.15, -0.1) is 0 Å². The number of nitrogens with one attached hydrogen (secondary N) is 1. The second kappa shape index (κ2) is 5.17. The second-order valence-corrected chi connectivity index (χ2v) is 5.51. The minimum Gasteiger partial charge on any atom is -0.375 e. The normalized spacial score (nSPS) is 30.8. The van der Waals surface area contributed by atoms with Crippen molar-refractivity contribution in [2.75, 3.05) is 6.54 Å². The zero-order valence-electron chi connectivity index (χ0n) is 11.0. The molecule has 2 heterocycles. The van der Waals surface area contributed by atoms with Gasteiger partial charge in [0.1, 0.15) is 11.6 Å². The molecular formula is C15H19F2NO. The van der Waals surface area contributed by atoms with Gasteiger partial charge in [0, 0.05) is 18.0 Å². The maximum absolute atomic E-state index is 13.4. The van der Waals surface area contributed by atoms with Crippen LogP contribution in [-0.4, -0.2) is 18.8 Å². The molecule has 0 saturated carbocycles. The Morgan fingerprint density at radius 1 is 1.26 bits per heavy atom. The molecule has 2 fully saturated rings. The van der Waals surface area contributed by atoms with Gasteiger partial charge in [-0.25, -0.2) is 8.78 Å². The fraction of sp³-hybridized carbons (Fsp3) is 0.600. The Kier molecular flexibility index (Phi) is 3.54. The molecule has 2 aliphatic rings. The highest BCUT2D eigenvalue weighted by atomic mass is 19.1. The largest absolute Gasteiger partial charge is 0.375 e. The maximum Gasteiger partial charge on any atom is 0.126 e. The van der Waals surface area contributed by atoms with E-state index in [9.17, 15) is 8.78 Å². The highest BCUT2D eigenvalue weighted by molar-refractivity contribution is 5.23. The van der Waals surface area contributed by atoms with E-state index >= 15 is 0 Å². The van der Waals surface area contributed by atoms with Crippen molar-refractivity contribution < 1.29 is 13.5 Å². The molecule has 4 atom stereocenters. The third-order valence-corrected chi connectivity index (χ3v) is 4.25. The van der Waals surface area contributed by atoms with Crippen LogP contribution < -0.4 is 5.32 Å². The molecule has 1 aromatic rings. The van der Waals surface area contributed by atoms with Crippen LogP contribution >= 0.6 is 0 Å². The third kappa shape index (κ3) is 2.51. The molecule has 0 aliphatic carbocycles. The summed E-state index contributed by atoms with van der Waals surface area (Å²) in [5.41, 5.74) is 0.695. The topological polar surface area (TPSA) is 21.3 Å². The van der Waals surface area contributed by atoms with E-state index in [1.54, 1.807) is 0 Å². The van der Waals surface area contributed by atoms with Crippen molar-refractivity contribution in [2.24, 2.45) is 5.92 Å². The van der Waals surface area contributed by atoms with Crippen molar-refractivity contribution in [3.8, 4) is 0 Å². The van der Waals surface area contributed by atoms with Crippen molar-refractivity contribution in [1.29, 1.82) is 0 Å². The summed E-state index contributed by atoms with van der Waals surface area (Å²) in [6.07, 6.45) is 3.75. The van der Waals surface area contributed by atoms with Crippen molar-refractivity contribution in [2.45, 2.75) is 44.4 Å². The summed E-state index contributed by atoms with van der Waals surface area (Å²) in [4.78, 5) is 0. The molecule has 1 aromatic carbocycles. The molecule has 0 radical (unpaired) electrons. The van der Waals surface area contributed by atoms with Crippen molar-refractivity contribution in [3.05, 3.63) is 35.4 Å². The average Bonchev–Trinajstić information content (AvgIpc) is 2.96. The zero-order valence-corrected chi connectivity index (χ0v) is 11.0. The molecule has 4 heteroatoms. The number of fused-ring (bicyclic) bond motifs is 2. The van der Waals surface area contributed by atoms with E-state index in [1.807, 2.05) is 6.92 Å². The quantitative estimate of drug-likeness (QED) is 0.904. The minimum atomic E-state index is -0.512. The lowest BCUT2D eigenvalue weighted by Crippen LogP contribution is -2.33. The fourth-order valence-corrected chi connectivity index (χ4v) is 3.52. The van der Waals surface area contributed by atoms with E-state index in [0.29, 0.717) is 17.6 Å². The van der Waals surface area contributed by atoms with Crippen LogP contribution in [0.3, 0.4) is 0 Å². The second-order valence-electron chi connectivity index (χ2n) is 5.51. The standard InChI is InChI=1S/C15H19F2NO/c1-2-18-15(9-5-10(16)7-11(17)6-9)13-8-12-3-4-14(13)19-12/h5-7,12-15,18H,2-4,8H2,1H3. The lowest BCUT2D eigenvalue weighted by molar-refractivity contribution is 0.0857. The number of rotatable bonds is 4. The Bertz CT molecular complexity index is 445. The van der Waals surface area contributed by atoms with E-state index in [1.165, 1.54) is 12.1 Å². The van der Waals surface area contributed by atoms with Crippen molar-refractivity contribution in [3.63, 3.8) is 0 Å². The molecule has 19 heavy (non-hydrogen) atoms. The summed E-state index contributed by atoms with van der Waals surface area (Å²) >= 11 is 0. The first-order chi connectivity index (χ1) is 9.17. The molecule has 0 aromatic heterocycles. The van der Waals surface area contributed by atoms with Gasteiger partial charge in [0.2, 0.25) is 0 Å². The summed E-state index contributed by atoms with van der Waals surface area (Å²) in [5.74, 6) is -0.705. The molecule has 1 N–H and O–H groups in total. The van der Waals surface area contributed by atoms with E-state index in [0.717, 1.165) is 31.9 Å². The van der Waals surface area contributed by atoms with Gasteiger partial charge in [-0.2, -0.15) is 0 Å². The van der Waals surface area contributed by atoms with E-state index < -0.39 is 11.6 Å². The van der Waals surface area contributed by atoms with Crippen LogP contribution in [0, 0.1) is 17.6 Å². The first-order valence-corrected chi connectivity index (χ1v) is 7.02. The molecule has 2 saturated heterocycles. The Balaban J connectivity index is 1.87. The van der Waals surface area contributed by atoms with E-state index in [-0.39, 0.29) is 12.1 Å². The number of halogens is 2. The molecular weight excluding hydrogens is 248 g/mol. The SMILES string of the molecule is CCNC(c1cc(F)cc(F)c1)C1CC2CCC1O2. The third-order valence-electron chi connectivity index (χ3n) is 4.25. The predicted molar refractivity (Wildman–Crippen MR) is 68.8 cm³/mol. The molecule has 2 aliphatic heterocycles. The molecule has 0 spiro atoms. The van der Waals surface area contributed by atoms with Crippen LogP contribution in [-0.2, 0) is 4.74 Å². The van der Waals surface area contributed by atoms with Crippen molar-refractivity contribution >= 4 is 0 Å². The Morgan fingerprint density at radius 3 is 2.53 bits per heavy atom. The fourth-order valence-electron chi connectivity index (χ4n) is 3.52. The van der Waals surface area contributed by atoms with Gasteiger partial charge >= 0.3 is 0 Å². The predicted octanol–water partition coefficient (Wildman–Crippen LogP) is 3.18. The van der Waals surface area contributed by atoms with Gasteiger partial charge < -0.3 is 10.1 Å². The first-order valence-electron chi connectivity index (χ1n) is 7.02. The molecule has 2 nitrogen and oxygen atoms in total. The van der Waals surface area contributed by atoms with Crippen molar-refractivity contribution in [1.82, 2.24) is 5.32 Å². The van der Waals surface area contributed by atoms with Gasteiger partial charge in [-0.05, 0) is 43.5 Å². The van der Waals surface area contributed by atoms with E-state index in [4.69, 9.17) is 4.74 Å². The summed E-state index contributed by atoms with van der Waals surface area (Å²) < 4.78 is 32.7. The lowest BCUT2D eigenvalue weighted by Gasteiger charge is -2.29. The van der Waals surface area contributed by atoms with Crippen LogP contribution in [0.2, 0.25) is 0 Å². The highest BCUT2D eigenvalue weighted by Crippen LogP contribution is 2.44. The lowest BCUT2D eigenvalue weighted by atomic mass is 9.81. The molecule has 104 valence electrons. The minimum absolute atomic E-state index is 0.0227. The number of benzene rings is 1. The van der Waals surface area contributed by atoms with E-state index in [2.05, 4.69) is 5.32 Å². The maximum atomic E-state index is 13.4. The van der Waals surface area contributed by atoms with Crippen LogP contribution in [0.5, 0.6) is 0 Å².